The van der Waals surface area contributed by atoms with Crippen molar-refractivity contribution in [2.45, 2.75) is 25.9 Å². The molecule has 28 heavy (non-hydrogen) atoms. The van der Waals surface area contributed by atoms with E-state index in [4.69, 9.17) is 4.98 Å². The number of nitrogens with one attached hydrogen (secondary N) is 1. The predicted octanol–water partition coefficient (Wildman–Crippen LogP) is 4.89. The predicted molar refractivity (Wildman–Crippen MR) is 103 cm³/mol. The van der Waals surface area contributed by atoms with Crippen LogP contribution in [-0.4, -0.2) is 28.0 Å². The molecular weight excluding hydrogens is 365 g/mol. The lowest BCUT2D eigenvalue weighted by Gasteiger charge is -2.39. The van der Waals surface area contributed by atoms with Crippen molar-refractivity contribution in [3.05, 3.63) is 65.7 Å². The number of nitrogens with zero attached hydrogens (tertiary/aromatic N) is 3. The number of imidazole rings is 1. The van der Waals surface area contributed by atoms with Crippen molar-refractivity contribution in [1.82, 2.24) is 14.5 Å². The van der Waals surface area contributed by atoms with Crippen LogP contribution >= 0.6 is 0 Å². The summed E-state index contributed by atoms with van der Waals surface area (Å²) in [6.07, 6.45) is 0. The summed E-state index contributed by atoms with van der Waals surface area (Å²) in [4.78, 5) is 6.98. The molecule has 0 aliphatic carbocycles. The van der Waals surface area contributed by atoms with Crippen molar-refractivity contribution in [1.29, 1.82) is 0 Å². The summed E-state index contributed by atoms with van der Waals surface area (Å²) in [7, 11) is 2.03. The molecule has 1 aliphatic heterocycles. The third-order valence-corrected chi connectivity index (χ3v) is 4.92. The van der Waals surface area contributed by atoms with E-state index in [9.17, 15) is 13.2 Å². The van der Waals surface area contributed by atoms with E-state index in [1.165, 1.54) is 18.2 Å². The topological polar surface area (TPSA) is 33.1 Å². The fourth-order valence-corrected chi connectivity index (χ4v) is 3.89. The summed E-state index contributed by atoms with van der Waals surface area (Å²) < 4.78 is 42.6. The van der Waals surface area contributed by atoms with Crippen molar-refractivity contribution >= 4 is 11.5 Å². The Kier molecular flexibility index (Phi) is 4.42. The highest BCUT2D eigenvalue weighted by Gasteiger charge is 2.35. The van der Waals surface area contributed by atoms with Crippen LogP contribution in [0.1, 0.15) is 19.7 Å². The molecule has 2 heterocycles. The summed E-state index contributed by atoms with van der Waals surface area (Å²) in [6, 6.07) is 9.77. The van der Waals surface area contributed by atoms with Crippen molar-refractivity contribution in [2.24, 2.45) is 0 Å². The fraction of sp³-hybridized carbons (Fsp3) is 0.286. The molecule has 2 aromatic carbocycles. The van der Waals surface area contributed by atoms with Gasteiger partial charge in [-0.05, 0) is 57.3 Å². The second kappa shape index (κ2) is 6.67. The molecule has 7 heteroatoms. The third kappa shape index (κ3) is 3.26. The normalized spacial score (nSPS) is 16.1. The van der Waals surface area contributed by atoms with Gasteiger partial charge >= 0.3 is 0 Å². The Hall–Kier alpha value is -2.80. The molecule has 3 aromatic rings. The van der Waals surface area contributed by atoms with Gasteiger partial charge < -0.3 is 9.88 Å². The Morgan fingerprint density at radius 2 is 1.71 bits per heavy atom. The first-order valence-corrected chi connectivity index (χ1v) is 9.03. The van der Waals surface area contributed by atoms with Gasteiger partial charge in [0.2, 0.25) is 0 Å². The highest BCUT2D eigenvalue weighted by Crippen LogP contribution is 2.38. The first-order valence-electron chi connectivity index (χ1n) is 9.03. The Morgan fingerprint density at radius 3 is 2.39 bits per heavy atom. The lowest BCUT2D eigenvalue weighted by atomic mass is 10.0. The van der Waals surface area contributed by atoms with Crippen molar-refractivity contribution in [3.63, 3.8) is 0 Å². The lowest BCUT2D eigenvalue weighted by molar-refractivity contribution is 0.160. The summed E-state index contributed by atoms with van der Waals surface area (Å²) in [6.45, 7) is 5.64. The standard InChI is InChI=1S/C21H21F3N4/c1-21(2)12-27(3)11-18-26-19(13-4-6-14(22)7-5-13)20(28(18)21)25-15-8-9-16(23)17(24)10-15/h4-10,25H,11-12H2,1-3H3. The van der Waals surface area contributed by atoms with Crippen molar-refractivity contribution in [2.75, 3.05) is 18.9 Å². The minimum Gasteiger partial charge on any atom is -0.340 e. The van der Waals surface area contributed by atoms with Crippen LogP contribution in [0.4, 0.5) is 24.7 Å². The number of anilines is 2. The molecule has 0 bridgehead atoms. The fourth-order valence-electron chi connectivity index (χ4n) is 3.89. The van der Waals surface area contributed by atoms with E-state index < -0.39 is 11.6 Å². The van der Waals surface area contributed by atoms with E-state index in [1.807, 2.05) is 7.05 Å². The summed E-state index contributed by atoms with van der Waals surface area (Å²) in [5.74, 6) is -0.635. The minimum atomic E-state index is -0.925. The van der Waals surface area contributed by atoms with Crippen LogP contribution in [0.15, 0.2) is 42.5 Å². The molecule has 1 N–H and O–H groups in total. The largest absolute Gasteiger partial charge is 0.340 e. The molecule has 4 rings (SSSR count). The number of aromatic nitrogens is 2. The maximum Gasteiger partial charge on any atom is 0.160 e. The Labute approximate surface area is 161 Å². The highest BCUT2D eigenvalue weighted by molar-refractivity contribution is 5.77. The van der Waals surface area contributed by atoms with Crippen molar-refractivity contribution < 1.29 is 13.2 Å². The number of fused-ring (bicyclic) bond motifs is 1. The maximum absolute atomic E-state index is 13.7. The summed E-state index contributed by atoms with van der Waals surface area (Å²) in [5.41, 5.74) is 1.52. The molecule has 146 valence electrons. The molecule has 0 fully saturated rings. The zero-order valence-electron chi connectivity index (χ0n) is 15.9. The molecule has 0 atom stereocenters. The van der Waals surface area contributed by atoms with Crippen LogP contribution < -0.4 is 5.32 Å². The van der Waals surface area contributed by atoms with E-state index in [-0.39, 0.29) is 11.4 Å². The number of rotatable bonds is 3. The first-order chi connectivity index (χ1) is 13.2. The zero-order chi connectivity index (χ0) is 20.1. The van der Waals surface area contributed by atoms with Gasteiger partial charge in [-0.15, -0.1) is 0 Å². The van der Waals surface area contributed by atoms with Gasteiger partial charge in [-0.2, -0.15) is 0 Å². The average Bonchev–Trinajstić information content (AvgIpc) is 2.97. The van der Waals surface area contributed by atoms with Gasteiger partial charge in [0.05, 0.1) is 12.1 Å². The minimum absolute atomic E-state index is 0.283. The van der Waals surface area contributed by atoms with Crippen LogP contribution in [0.25, 0.3) is 11.3 Å². The van der Waals surface area contributed by atoms with Gasteiger partial charge in [0.15, 0.2) is 11.6 Å². The maximum atomic E-state index is 13.7. The number of halogens is 3. The van der Waals surface area contributed by atoms with Crippen LogP contribution in [0.5, 0.6) is 0 Å². The lowest BCUT2D eigenvalue weighted by Crippen LogP contribution is -2.45. The number of hydrogen-bond acceptors (Lipinski definition) is 3. The van der Waals surface area contributed by atoms with Gasteiger partial charge in [-0.3, -0.25) is 4.90 Å². The van der Waals surface area contributed by atoms with Crippen LogP contribution in [-0.2, 0) is 12.1 Å². The summed E-state index contributed by atoms with van der Waals surface area (Å²) in [5, 5.41) is 3.21. The van der Waals surface area contributed by atoms with E-state index >= 15 is 0 Å². The quantitative estimate of drug-likeness (QED) is 0.696. The SMILES string of the molecule is CN1Cc2nc(-c3ccc(F)cc3)c(Nc3ccc(F)c(F)c3)n2C(C)(C)C1. The molecule has 0 saturated heterocycles. The molecule has 4 nitrogen and oxygen atoms in total. The van der Waals surface area contributed by atoms with Crippen LogP contribution in [0.3, 0.4) is 0 Å². The Morgan fingerprint density at radius 1 is 1.00 bits per heavy atom. The van der Waals surface area contributed by atoms with Gasteiger partial charge in [-0.25, -0.2) is 18.2 Å². The molecular formula is C21H21F3N4. The van der Waals surface area contributed by atoms with Gasteiger partial charge in [0.25, 0.3) is 0 Å². The van der Waals surface area contributed by atoms with E-state index in [0.29, 0.717) is 23.7 Å². The molecule has 0 amide bonds. The van der Waals surface area contributed by atoms with Crippen LogP contribution in [0.2, 0.25) is 0 Å². The zero-order valence-corrected chi connectivity index (χ0v) is 15.9. The first kappa shape index (κ1) is 18.6. The molecule has 1 aromatic heterocycles. The van der Waals surface area contributed by atoms with E-state index in [2.05, 4.69) is 28.6 Å². The van der Waals surface area contributed by atoms with E-state index in [1.54, 1.807) is 12.1 Å². The molecule has 0 unspecified atom stereocenters. The van der Waals surface area contributed by atoms with Crippen molar-refractivity contribution in [3.8, 4) is 11.3 Å². The Balaban J connectivity index is 1.88. The Bertz CT molecular complexity index is 1020. The number of benzene rings is 2. The average molecular weight is 386 g/mol. The third-order valence-electron chi connectivity index (χ3n) is 4.92. The molecule has 0 spiro atoms. The highest BCUT2D eigenvalue weighted by atomic mass is 19.2. The second-order valence-corrected chi connectivity index (χ2v) is 7.81. The molecule has 1 aliphatic rings. The summed E-state index contributed by atoms with van der Waals surface area (Å²) >= 11 is 0. The molecule has 0 saturated carbocycles. The van der Waals surface area contributed by atoms with Gasteiger partial charge in [0.1, 0.15) is 23.2 Å². The molecule has 0 radical (unpaired) electrons. The van der Waals surface area contributed by atoms with Gasteiger partial charge in [-0.1, -0.05) is 0 Å². The monoisotopic (exact) mass is 386 g/mol. The second-order valence-electron chi connectivity index (χ2n) is 7.81. The van der Waals surface area contributed by atoms with Crippen LogP contribution in [0, 0.1) is 17.5 Å². The van der Waals surface area contributed by atoms with Gasteiger partial charge in [0, 0.05) is 23.9 Å². The van der Waals surface area contributed by atoms with E-state index in [0.717, 1.165) is 30.1 Å². The smallest absolute Gasteiger partial charge is 0.160 e. The number of likely N-dealkylation sites (N-methyl/N-ethyl adjacent to an activating group) is 1. The number of hydrogen-bond donors (Lipinski definition) is 1.